The van der Waals surface area contributed by atoms with E-state index in [2.05, 4.69) is 56.2 Å². The Morgan fingerprint density at radius 1 is 1.42 bits per heavy atom. The van der Waals surface area contributed by atoms with Gasteiger partial charge in [-0.25, -0.2) is 0 Å². The summed E-state index contributed by atoms with van der Waals surface area (Å²) in [6.07, 6.45) is 0.236. The molecule has 0 amide bonds. The van der Waals surface area contributed by atoms with Gasteiger partial charge in [-0.05, 0) is 38.6 Å². The summed E-state index contributed by atoms with van der Waals surface area (Å²) in [6.45, 7) is 10.3. The maximum atomic E-state index is 6.00. The van der Waals surface area contributed by atoms with E-state index in [9.17, 15) is 0 Å². The quantitative estimate of drug-likeness (QED) is 0.901. The molecular formula is C16H26N2O. The van der Waals surface area contributed by atoms with Crippen LogP contribution in [0.2, 0.25) is 0 Å². The Morgan fingerprint density at radius 3 is 2.84 bits per heavy atom. The maximum absolute atomic E-state index is 6.00. The van der Waals surface area contributed by atoms with Gasteiger partial charge in [-0.1, -0.05) is 30.7 Å². The summed E-state index contributed by atoms with van der Waals surface area (Å²) in [5.74, 6) is 0. The number of hydrogen-bond acceptors (Lipinski definition) is 3. The second-order valence-electron chi connectivity index (χ2n) is 5.57. The summed E-state index contributed by atoms with van der Waals surface area (Å²) in [5.41, 5.74) is 4.04. The van der Waals surface area contributed by atoms with Gasteiger partial charge < -0.3 is 15.0 Å². The first-order valence-corrected chi connectivity index (χ1v) is 7.22. The lowest BCUT2D eigenvalue weighted by Gasteiger charge is -2.36. The number of nitrogens with zero attached hydrogens (tertiary/aromatic N) is 1. The molecule has 1 fully saturated rings. The van der Waals surface area contributed by atoms with E-state index in [1.165, 1.54) is 16.7 Å². The lowest BCUT2D eigenvalue weighted by atomic mass is 9.94. The molecule has 0 radical (unpaired) electrons. The van der Waals surface area contributed by atoms with Crippen LogP contribution in [0.25, 0.3) is 0 Å². The lowest BCUT2D eigenvalue weighted by Crippen LogP contribution is -2.46. The standard InChI is InChI=1S/C16H26N2O/c1-5-17-16(15-11-18(4)8-9-19-15)14-7-6-12(2)10-13(14)3/h6-7,10,15-17H,5,8-9,11H2,1-4H3. The van der Waals surface area contributed by atoms with Crippen molar-refractivity contribution in [1.82, 2.24) is 10.2 Å². The summed E-state index contributed by atoms with van der Waals surface area (Å²) < 4.78 is 6.00. The Kier molecular flexibility index (Phi) is 4.97. The van der Waals surface area contributed by atoms with Crippen molar-refractivity contribution in [2.24, 2.45) is 0 Å². The van der Waals surface area contributed by atoms with Crippen molar-refractivity contribution in [2.75, 3.05) is 33.3 Å². The van der Waals surface area contributed by atoms with E-state index in [0.29, 0.717) is 0 Å². The second kappa shape index (κ2) is 6.51. The number of hydrogen-bond donors (Lipinski definition) is 1. The minimum absolute atomic E-state index is 0.236. The highest BCUT2D eigenvalue weighted by Crippen LogP contribution is 2.25. The van der Waals surface area contributed by atoms with Crippen molar-refractivity contribution in [3.8, 4) is 0 Å². The van der Waals surface area contributed by atoms with Gasteiger partial charge in [0.1, 0.15) is 0 Å². The van der Waals surface area contributed by atoms with Gasteiger partial charge in [0.25, 0.3) is 0 Å². The third-order valence-electron chi connectivity index (χ3n) is 3.85. The normalized spacial score (nSPS) is 22.4. The lowest BCUT2D eigenvalue weighted by molar-refractivity contribution is -0.0391. The fraction of sp³-hybridized carbons (Fsp3) is 0.625. The van der Waals surface area contributed by atoms with Gasteiger partial charge in [0.15, 0.2) is 0 Å². The largest absolute Gasteiger partial charge is 0.374 e. The van der Waals surface area contributed by atoms with Gasteiger partial charge >= 0.3 is 0 Å². The van der Waals surface area contributed by atoms with Gasteiger partial charge in [-0.2, -0.15) is 0 Å². The molecule has 106 valence electrons. The van der Waals surface area contributed by atoms with E-state index in [1.54, 1.807) is 0 Å². The number of nitrogens with one attached hydrogen (secondary N) is 1. The average Bonchev–Trinajstić information content (AvgIpc) is 2.37. The molecule has 0 saturated carbocycles. The number of aryl methyl sites for hydroxylation is 2. The molecular weight excluding hydrogens is 236 g/mol. The van der Waals surface area contributed by atoms with E-state index in [4.69, 9.17) is 4.74 Å². The topological polar surface area (TPSA) is 24.5 Å². The first-order valence-electron chi connectivity index (χ1n) is 7.22. The summed E-state index contributed by atoms with van der Waals surface area (Å²) in [4.78, 5) is 2.35. The molecule has 3 nitrogen and oxygen atoms in total. The molecule has 2 atom stereocenters. The predicted octanol–water partition coefficient (Wildman–Crippen LogP) is 2.28. The SMILES string of the molecule is CCNC(c1ccc(C)cc1C)C1CN(C)CCO1. The Morgan fingerprint density at radius 2 is 2.21 bits per heavy atom. The number of morpholine rings is 1. The molecule has 1 saturated heterocycles. The van der Waals surface area contributed by atoms with E-state index in [-0.39, 0.29) is 12.1 Å². The van der Waals surface area contributed by atoms with E-state index >= 15 is 0 Å². The molecule has 1 aromatic rings. The molecule has 1 aromatic carbocycles. The molecule has 2 unspecified atom stereocenters. The first-order chi connectivity index (χ1) is 9.11. The smallest absolute Gasteiger partial charge is 0.0896 e. The molecule has 1 aliphatic rings. The molecule has 0 bridgehead atoms. The number of benzene rings is 1. The van der Waals surface area contributed by atoms with Crippen molar-refractivity contribution >= 4 is 0 Å². The van der Waals surface area contributed by atoms with Crippen LogP contribution in [0.5, 0.6) is 0 Å². The molecule has 1 heterocycles. The molecule has 1 N–H and O–H groups in total. The first kappa shape index (κ1) is 14.5. The van der Waals surface area contributed by atoms with Gasteiger partial charge in [0, 0.05) is 13.1 Å². The Labute approximate surface area is 116 Å². The third kappa shape index (κ3) is 3.56. The second-order valence-corrected chi connectivity index (χ2v) is 5.57. The minimum Gasteiger partial charge on any atom is -0.374 e. The van der Waals surface area contributed by atoms with Crippen LogP contribution >= 0.6 is 0 Å². The van der Waals surface area contributed by atoms with Gasteiger partial charge in [0.05, 0.1) is 18.8 Å². The van der Waals surface area contributed by atoms with Gasteiger partial charge in [-0.3, -0.25) is 0 Å². The molecule has 0 aromatic heterocycles. The molecule has 1 aliphatic heterocycles. The highest BCUT2D eigenvalue weighted by molar-refractivity contribution is 5.33. The molecule has 2 rings (SSSR count). The minimum atomic E-state index is 0.236. The fourth-order valence-electron chi connectivity index (χ4n) is 2.85. The van der Waals surface area contributed by atoms with Crippen LogP contribution in [-0.4, -0.2) is 44.3 Å². The van der Waals surface area contributed by atoms with Crippen molar-refractivity contribution in [1.29, 1.82) is 0 Å². The van der Waals surface area contributed by atoms with Crippen molar-refractivity contribution in [2.45, 2.75) is 32.9 Å². The maximum Gasteiger partial charge on any atom is 0.0896 e. The monoisotopic (exact) mass is 262 g/mol. The van der Waals surface area contributed by atoms with Gasteiger partial charge in [0.2, 0.25) is 0 Å². The summed E-state index contributed by atoms with van der Waals surface area (Å²) in [5, 5.41) is 3.60. The highest BCUT2D eigenvalue weighted by atomic mass is 16.5. The molecule has 0 spiro atoms. The summed E-state index contributed by atoms with van der Waals surface area (Å²) in [7, 11) is 2.17. The van der Waals surface area contributed by atoms with Crippen LogP contribution in [0.15, 0.2) is 18.2 Å². The van der Waals surface area contributed by atoms with Crippen LogP contribution in [0.3, 0.4) is 0 Å². The van der Waals surface area contributed by atoms with Crippen molar-refractivity contribution in [3.05, 3.63) is 34.9 Å². The zero-order valence-corrected chi connectivity index (χ0v) is 12.6. The van der Waals surface area contributed by atoms with Crippen LogP contribution in [0, 0.1) is 13.8 Å². The highest BCUT2D eigenvalue weighted by Gasteiger charge is 2.28. The van der Waals surface area contributed by atoms with Crippen LogP contribution in [-0.2, 0) is 4.74 Å². The zero-order chi connectivity index (χ0) is 13.8. The number of likely N-dealkylation sites (N-methyl/N-ethyl adjacent to an activating group) is 2. The van der Waals surface area contributed by atoms with E-state index in [0.717, 1.165) is 26.2 Å². The molecule has 3 heteroatoms. The Hall–Kier alpha value is -0.900. The Bertz CT molecular complexity index is 419. The molecule has 0 aliphatic carbocycles. The number of ether oxygens (including phenoxy) is 1. The van der Waals surface area contributed by atoms with E-state index in [1.807, 2.05) is 0 Å². The van der Waals surface area contributed by atoms with Crippen molar-refractivity contribution in [3.63, 3.8) is 0 Å². The number of rotatable bonds is 4. The summed E-state index contributed by atoms with van der Waals surface area (Å²) >= 11 is 0. The third-order valence-corrected chi connectivity index (χ3v) is 3.85. The predicted molar refractivity (Wildman–Crippen MR) is 79.6 cm³/mol. The van der Waals surface area contributed by atoms with Crippen LogP contribution < -0.4 is 5.32 Å². The van der Waals surface area contributed by atoms with Crippen LogP contribution in [0.4, 0.5) is 0 Å². The fourth-order valence-corrected chi connectivity index (χ4v) is 2.85. The summed E-state index contributed by atoms with van der Waals surface area (Å²) in [6, 6.07) is 6.98. The average molecular weight is 262 g/mol. The Balaban J connectivity index is 2.23. The van der Waals surface area contributed by atoms with Crippen molar-refractivity contribution < 1.29 is 4.74 Å². The van der Waals surface area contributed by atoms with Gasteiger partial charge in [-0.15, -0.1) is 0 Å². The zero-order valence-electron chi connectivity index (χ0n) is 12.6. The van der Waals surface area contributed by atoms with E-state index < -0.39 is 0 Å². The molecule has 19 heavy (non-hydrogen) atoms. The van der Waals surface area contributed by atoms with Crippen LogP contribution in [0.1, 0.15) is 29.7 Å².